The Morgan fingerprint density at radius 3 is 2.92 bits per heavy atom. The number of aryl methyl sites for hydroxylation is 2. The molecule has 130 valence electrons. The summed E-state index contributed by atoms with van der Waals surface area (Å²) < 4.78 is 2.19. The summed E-state index contributed by atoms with van der Waals surface area (Å²) in [4.78, 5) is 16.5. The predicted molar refractivity (Wildman–Crippen MR) is 102 cm³/mol. The van der Waals surface area contributed by atoms with Crippen LogP contribution >= 0.6 is 0 Å². The van der Waals surface area contributed by atoms with E-state index in [1.54, 1.807) is 0 Å². The average Bonchev–Trinajstić information content (AvgIpc) is 2.94. The van der Waals surface area contributed by atoms with Crippen LogP contribution in [0.1, 0.15) is 24.5 Å². The number of benzene rings is 1. The number of carbonyl (C=O) groups is 1. The molecular weight excluding hydrogens is 312 g/mol. The highest BCUT2D eigenvalue weighted by Crippen LogP contribution is 2.20. The molecule has 0 bridgehead atoms. The highest BCUT2D eigenvalue weighted by atomic mass is 16.2. The molecule has 0 saturated carbocycles. The maximum Gasteiger partial charge on any atom is 0.319 e. The Morgan fingerprint density at radius 2 is 2.12 bits per heavy atom. The number of hydrogen-bond donors (Lipinski definition) is 2. The zero-order valence-electron chi connectivity index (χ0n) is 14.7. The van der Waals surface area contributed by atoms with Crippen molar-refractivity contribution in [2.75, 3.05) is 11.9 Å². The number of nitrogens with one attached hydrogen (secondary N) is 2. The van der Waals surface area contributed by atoms with Crippen molar-refractivity contribution in [1.82, 2.24) is 14.9 Å². The fourth-order valence-electron chi connectivity index (χ4n) is 3.01. The van der Waals surface area contributed by atoms with Crippen molar-refractivity contribution >= 4 is 22.8 Å². The molecule has 0 spiro atoms. The van der Waals surface area contributed by atoms with Gasteiger partial charge < -0.3 is 15.2 Å². The number of urea groups is 1. The quantitative estimate of drug-likeness (QED) is 0.711. The van der Waals surface area contributed by atoms with E-state index in [4.69, 9.17) is 0 Å². The van der Waals surface area contributed by atoms with Gasteiger partial charge in [-0.2, -0.15) is 0 Å². The van der Waals surface area contributed by atoms with Crippen LogP contribution in [0.4, 0.5) is 10.5 Å². The first-order chi connectivity index (χ1) is 12.2. The van der Waals surface area contributed by atoms with E-state index in [-0.39, 0.29) is 6.03 Å². The van der Waals surface area contributed by atoms with E-state index < -0.39 is 0 Å². The lowest BCUT2D eigenvalue weighted by Crippen LogP contribution is -2.30. The summed E-state index contributed by atoms with van der Waals surface area (Å²) in [6.07, 6.45) is 5.82. The third-order valence-corrected chi connectivity index (χ3v) is 4.14. The Morgan fingerprint density at radius 1 is 1.24 bits per heavy atom. The Labute approximate surface area is 148 Å². The van der Waals surface area contributed by atoms with Gasteiger partial charge in [0.2, 0.25) is 0 Å². The van der Waals surface area contributed by atoms with Gasteiger partial charge in [0.05, 0.1) is 0 Å². The van der Waals surface area contributed by atoms with Crippen LogP contribution in [-0.2, 0) is 13.0 Å². The van der Waals surface area contributed by atoms with Crippen LogP contribution in [-0.4, -0.2) is 22.1 Å². The van der Waals surface area contributed by atoms with Crippen LogP contribution in [0.15, 0.2) is 48.8 Å². The van der Waals surface area contributed by atoms with Gasteiger partial charge in [0.15, 0.2) is 0 Å². The lowest BCUT2D eigenvalue weighted by molar-refractivity contribution is 0.252. The van der Waals surface area contributed by atoms with E-state index in [1.807, 2.05) is 43.5 Å². The Kier molecular flexibility index (Phi) is 5.33. The van der Waals surface area contributed by atoms with Gasteiger partial charge in [-0.15, -0.1) is 0 Å². The number of hydrogen-bond acceptors (Lipinski definition) is 2. The van der Waals surface area contributed by atoms with Gasteiger partial charge in [0.1, 0.15) is 5.65 Å². The molecule has 25 heavy (non-hydrogen) atoms. The van der Waals surface area contributed by atoms with Gasteiger partial charge in [0.25, 0.3) is 0 Å². The van der Waals surface area contributed by atoms with Crippen molar-refractivity contribution in [2.45, 2.75) is 33.2 Å². The second-order valence-corrected chi connectivity index (χ2v) is 6.22. The van der Waals surface area contributed by atoms with E-state index in [2.05, 4.69) is 39.4 Å². The Hall–Kier alpha value is -2.82. The normalized spacial score (nSPS) is 10.8. The molecule has 5 heteroatoms. The molecule has 0 saturated heterocycles. The van der Waals surface area contributed by atoms with Gasteiger partial charge in [-0.1, -0.05) is 19.1 Å². The van der Waals surface area contributed by atoms with Crippen LogP contribution in [0.3, 0.4) is 0 Å². The summed E-state index contributed by atoms with van der Waals surface area (Å²) in [7, 11) is 0. The molecule has 2 amide bonds. The zero-order chi connectivity index (χ0) is 17.6. The SMILES string of the molecule is CCCn1cc(CCNC(=O)Nc2cccc(C)c2)c2cccnc21. The summed E-state index contributed by atoms with van der Waals surface area (Å²) >= 11 is 0. The van der Waals surface area contributed by atoms with Crippen molar-refractivity contribution in [3.05, 3.63) is 59.9 Å². The average molecular weight is 336 g/mol. The summed E-state index contributed by atoms with van der Waals surface area (Å²) in [6.45, 7) is 5.70. The highest BCUT2D eigenvalue weighted by Gasteiger charge is 2.09. The lowest BCUT2D eigenvalue weighted by Gasteiger charge is -2.08. The first-order valence-electron chi connectivity index (χ1n) is 8.71. The van der Waals surface area contributed by atoms with E-state index in [0.29, 0.717) is 6.54 Å². The first-order valence-corrected chi connectivity index (χ1v) is 8.71. The number of fused-ring (bicyclic) bond motifs is 1. The molecule has 0 aliphatic rings. The maximum absolute atomic E-state index is 12.0. The highest BCUT2D eigenvalue weighted by molar-refractivity contribution is 5.89. The Bertz CT molecular complexity index is 869. The summed E-state index contributed by atoms with van der Waals surface area (Å²) in [5.41, 5.74) is 4.16. The third kappa shape index (κ3) is 4.18. The fraction of sp³-hybridized carbons (Fsp3) is 0.300. The van der Waals surface area contributed by atoms with Crippen LogP contribution < -0.4 is 10.6 Å². The van der Waals surface area contributed by atoms with Crippen LogP contribution in [0.5, 0.6) is 0 Å². The minimum atomic E-state index is -0.180. The van der Waals surface area contributed by atoms with Gasteiger partial charge >= 0.3 is 6.03 Å². The first kappa shape index (κ1) is 17.0. The third-order valence-electron chi connectivity index (χ3n) is 4.14. The minimum absolute atomic E-state index is 0.180. The molecule has 0 atom stereocenters. The molecule has 0 fully saturated rings. The van der Waals surface area contributed by atoms with Crippen molar-refractivity contribution in [2.24, 2.45) is 0 Å². The molecule has 5 nitrogen and oxygen atoms in total. The number of anilines is 1. The number of aromatic nitrogens is 2. The molecular formula is C20H24N4O. The molecule has 0 radical (unpaired) electrons. The van der Waals surface area contributed by atoms with Gasteiger partial charge in [-0.3, -0.25) is 0 Å². The summed E-state index contributed by atoms with van der Waals surface area (Å²) in [6, 6.07) is 11.6. The molecule has 3 rings (SSSR count). The second-order valence-electron chi connectivity index (χ2n) is 6.22. The standard InChI is InChI=1S/C20H24N4O/c1-3-12-24-14-16(18-8-5-10-21-19(18)24)9-11-22-20(25)23-17-7-4-6-15(2)13-17/h4-8,10,13-14H,3,9,11-12H2,1-2H3,(H2,22,23,25). The van der Waals surface area contributed by atoms with Crippen LogP contribution in [0, 0.1) is 6.92 Å². The minimum Gasteiger partial charge on any atom is -0.338 e. The number of pyridine rings is 1. The number of rotatable bonds is 6. The summed E-state index contributed by atoms with van der Waals surface area (Å²) in [5, 5.41) is 6.95. The zero-order valence-corrected chi connectivity index (χ0v) is 14.7. The molecule has 0 unspecified atom stereocenters. The van der Waals surface area contributed by atoms with Crippen molar-refractivity contribution in [3.8, 4) is 0 Å². The number of nitrogens with zero attached hydrogens (tertiary/aromatic N) is 2. The molecule has 2 aromatic heterocycles. The van der Waals surface area contributed by atoms with Crippen LogP contribution in [0.25, 0.3) is 11.0 Å². The molecule has 0 aliphatic carbocycles. The topological polar surface area (TPSA) is 59.0 Å². The predicted octanol–water partition coefficient (Wildman–Crippen LogP) is 4.12. The van der Waals surface area contributed by atoms with Gasteiger partial charge in [-0.05, 0) is 55.2 Å². The van der Waals surface area contributed by atoms with E-state index >= 15 is 0 Å². The van der Waals surface area contributed by atoms with Crippen molar-refractivity contribution in [3.63, 3.8) is 0 Å². The van der Waals surface area contributed by atoms with Crippen molar-refractivity contribution < 1.29 is 4.79 Å². The molecule has 3 aromatic rings. The largest absolute Gasteiger partial charge is 0.338 e. The Balaban J connectivity index is 1.60. The van der Waals surface area contributed by atoms with Crippen LogP contribution in [0.2, 0.25) is 0 Å². The summed E-state index contributed by atoms with van der Waals surface area (Å²) in [5.74, 6) is 0. The maximum atomic E-state index is 12.0. The monoisotopic (exact) mass is 336 g/mol. The van der Waals surface area contributed by atoms with E-state index in [1.165, 1.54) is 5.56 Å². The van der Waals surface area contributed by atoms with E-state index in [0.717, 1.165) is 41.7 Å². The van der Waals surface area contributed by atoms with Crippen molar-refractivity contribution in [1.29, 1.82) is 0 Å². The van der Waals surface area contributed by atoms with Gasteiger partial charge in [-0.25, -0.2) is 9.78 Å². The number of amides is 2. The number of carbonyl (C=O) groups excluding carboxylic acids is 1. The van der Waals surface area contributed by atoms with E-state index in [9.17, 15) is 4.79 Å². The molecule has 2 heterocycles. The second kappa shape index (κ2) is 7.83. The van der Waals surface area contributed by atoms with Gasteiger partial charge in [0, 0.05) is 36.6 Å². The lowest BCUT2D eigenvalue weighted by atomic mass is 10.1. The molecule has 0 aliphatic heterocycles. The smallest absolute Gasteiger partial charge is 0.319 e. The molecule has 1 aromatic carbocycles. The molecule has 2 N–H and O–H groups in total. The fourth-order valence-corrected chi connectivity index (χ4v) is 3.01.